The molecule has 0 unspecified atom stereocenters. The fraction of sp³-hybridized carbons (Fsp3) is 1.00. The molecule has 0 heterocycles. The molecule has 0 amide bonds. The van der Waals surface area contributed by atoms with E-state index >= 15 is 0 Å². The van der Waals surface area contributed by atoms with Crippen LogP contribution in [0, 0.1) is 0 Å². The number of rotatable bonds is 9. The second-order valence-electron chi connectivity index (χ2n) is 4.30. The first-order valence-electron chi connectivity index (χ1n) is 5.31. The molecule has 0 atom stereocenters. The first-order chi connectivity index (χ1) is 7.05. The zero-order valence-electron chi connectivity index (χ0n) is 10.7. The number of methoxy groups -OCH3 is 2. The second-order valence-corrected chi connectivity index (χ2v) is 8.72. The van der Waals surface area contributed by atoms with Crippen LogP contribution >= 0.6 is 0 Å². The highest BCUT2D eigenvalue weighted by Gasteiger charge is 2.20. The summed E-state index contributed by atoms with van der Waals surface area (Å²) in [6, 6.07) is 1.17. The smallest absolute Gasteiger partial charge is 0.186 e. The van der Waals surface area contributed by atoms with Crippen molar-refractivity contribution in [2.24, 2.45) is 0 Å². The van der Waals surface area contributed by atoms with Crippen molar-refractivity contribution in [3.05, 3.63) is 0 Å². The van der Waals surface area contributed by atoms with Gasteiger partial charge in [-0.3, -0.25) is 4.90 Å². The maximum absolute atomic E-state index is 5.50. The van der Waals surface area contributed by atoms with Gasteiger partial charge in [0.05, 0.1) is 0 Å². The fourth-order valence-corrected chi connectivity index (χ4v) is 2.58. The predicted octanol–water partition coefficient (Wildman–Crippen LogP) is 1.74. The van der Waals surface area contributed by atoms with E-state index in [1.807, 2.05) is 7.11 Å². The average molecular weight is 235 g/mol. The van der Waals surface area contributed by atoms with E-state index < -0.39 is 8.32 Å². The maximum Gasteiger partial charge on any atom is 0.186 e. The molecule has 0 spiro atoms. The van der Waals surface area contributed by atoms with Crippen LogP contribution in [0.1, 0.15) is 6.42 Å². The van der Waals surface area contributed by atoms with E-state index in [1.54, 1.807) is 14.2 Å². The minimum absolute atomic E-state index is 0.628. The summed E-state index contributed by atoms with van der Waals surface area (Å²) in [5, 5.41) is 0. The third-order valence-corrected chi connectivity index (χ3v) is 5.09. The molecule has 0 aromatic rings. The molecule has 0 saturated carbocycles. The van der Waals surface area contributed by atoms with Crippen molar-refractivity contribution >= 4 is 8.32 Å². The Balaban J connectivity index is 3.69. The van der Waals surface area contributed by atoms with Gasteiger partial charge in [0.15, 0.2) is 8.32 Å². The molecule has 0 N–H and O–H groups in total. The van der Waals surface area contributed by atoms with Crippen molar-refractivity contribution < 1.29 is 13.9 Å². The van der Waals surface area contributed by atoms with Crippen LogP contribution in [0.2, 0.25) is 19.1 Å². The highest BCUT2D eigenvalue weighted by molar-refractivity contribution is 6.71. The van der Waals surface area contributed by atoms with Gasteiger partial charge in [-0.25, -0.2) is 0 Å². The van der Waals surface area contributed by atoms with Crippen LogP contribution in [0.5, 0.6) is 0 Å². The van der Waals surface area contributed by atoms with Gasteiger partial charge in [-0.1, -0.05) is 0 Å². The van der Waals surface area contributed by atoms with Crippen LogP contribution in [0.4, 0.5) is 0 Å². The van der Waals surface area contributed by atoms with Crippen LogP contribution in [0.3, 0.4) is 0 Å². The van der Waals surface area contributed by atoms with Crippen LogP contribution in [-0.4, -0.2) is 54.6 Å². The highest BCUT2D eigenvalue weighted by atomic mass is 28.4. The SMILES string of the molecule is COCN(CCC[Si](C)(C)OC)COC. The summed E-state index contributed by atoms with van der Waals surface area (Å²) in [6.45, 7) is 6.74. The van der Waals surface area contributed by atoms with E-state index in [1.165, 1.54) is 6.04 Å². The molecule has 0 aliphatic carbocycles. The molecular formula is C10H25NO3Si. The lowest BCUT2D eigenvalue weighted by atomic mass is 10.4. The molecule has 0 bridgehead atoms. The Morgan fingerprint density at radius 1 is 1.00 bits per heavy atom. The van der Waals surface area contributed by atoms with Crippen LogP contribution in [0.25, 0.3) is 0 Å². The van der Waals surface area contributed by atoms with E-state index in [4.69, 9.17) is 13.9 Å². The van der Waals surface area contributed by atoms with Crippen molar-refractivity contribution in [2.45, 2.75) is 25.6 Å². The second kappa shape index (κ2) is 8.24. The van der Waals surface area contributed by atoms with E-state index in [-0.39, 0.29) is 0 Å². The van der Waals surface area contributed by atoms with E-state index in [9.17, 15) is 0 Å². The van der Waals surface area contributed by atoms with Crippen LogP contribution in [0.15, 0.2) is 0 Å². The van der Waals surface area contributed by atoms with Crippen LogP contribution < -0.4 is 0 Å². The zero-order valence-corrected chi connectivity index (χ0v) is 11.7. The standard InChI is InChI=1S/C10H25NO3Si/c1-12-9-11(10-13-2)7-6-8-15(4,5)14-3/h6-10H2,1-5H3. The topological polar surface area (TPSA) is 30.9 Å². The van der Waals surface area contributed by atoms with Gasteiger partial charge >= 0.3 is 0 Å². The van der Waals surface area contributed by atoms with Gasteiger partial charge in [0.1, 0.15) is 13.5 Å². The molecule has 0 aromatic heterocycles. The molecule has 0 fully saturated rings. The molecule has 0 aliphatic heterocycles. The number of hydrogen-bond acceptors (Lipinski definition) is 4. The number of ether oxygens (including phenoxy) is 2. The van der Waals surface area contributed by atoms with Crippen molar-refractivity contribution in [3.63, 3.8) is 0 Å². The first-order valence-corrected chi connectivity index (χ1v) is 8.42. The van der Waals surface area contributed by atoms with Gasteiger partial charge in [-0.15, -0.1) is 0 Å². The molecule has 0 aliphatic rings. The van der Waals surface area contributed by atoms with Gasteiger partial charge in [0.2, 0.25) is 0 Å². The van der Waals surface area contributed by atoms with Crippen molar-refractivity contribution in [1.82, 2.24) is 4.90 Å². The summed E-state index contributed by atoms with van der Waals surface area (Å²) in [4.78, 5) is 2.14. The summed E-state index contributed by atoms with van der Waals surface area (Å²) < 4.78 is 15.7. The third-order valence-electron chi connectivity index (χ3n) is 2.43. The van der Waals surface area contributed by atoms with Crippen molar-refractivity contribution in [3.8, 4) is 0 Å². The molecule has 92 valence electrons. The largest absolute Gasteiger partial charge is 0.420 e. The van der Waals surface area contributed by atoms with Crippen LogP contribution in [-0.2, 0) is 13.9 Å². The summed E-state index contributed by atoms with van der Waals surface area (Å²) in [5.41, 5.74) is 0. The molecule has 4 nitrogen and oxygen atoms in total. The number of nitrogens with zero attached hydrogens (tertiary/aromatic N) is 1. The summed E-state index contributed by atoms with van der Waals surface area (Å²) in [7, 11) is 3.83. The Labute approximate surface area is 94.6 Å². The molecule has 0 rings (SSSR count). The molecule has 0 saturated heterocycles. The monoisotopic (exact) mass is 235 g/mol. The molecule has 5 heteroatoms. The lowest BCUT2D eigenvalue weighted by molar-refractivity contribution is -0.0132. The van der Waals surface area contributed by atoms with E-state index in [0.29, 0.717) is 13.5 Å². The lowest BCUT2D eigenvalue weighted by Crippen LogP contribution is -2.33. The number of hydrogen-bond donors (Lipinski definition) is 0. The summed E-state index contributed by atoms with van der Waals surface area (Å²) >= 11 is 0. The fourth-order valence-electron chi connectivity index (χ4n) is 1.36. The van der Waals surface area contributed by atoms with Gasteiger partial charge in [0.25, 0.3) is 0 Å². The molecular weight excluding hydrogens is 210 g/mol. The highest BCUT2D eigenvalue weighted by Crippen LogP contribution is 2.12. The molecule has 0 aromatic carbocycles. The molecule has 0 radical (unpaired) electrons. The maximum atomic E-state index is 5.50. The minimum atomic E-state index is -1.40. The van der Waals surface area contributed by atoms with Gasteiger partial charge in [-0.05, 0) is 25.6 Å². The van der Waals surface area contributed by atoms with Gasteiger partial charge in [-0.2, -0.15) is 0 Å². The van der Waals surface area contributed by atoms with E-state index in [0.717, 1.165) is 13.0 Å². The lowest BCUT2D eigenvalue weighted by Gasteiger charge is -2.23. The van der Waals surface area contributed by atoms with Gasteiger partial charge < -0.3 is 13.9 Å². The Morgan fingerprint density at radius 3 is 1.93 bits per heavy atom. The predicted molar refractivity (Wildman–Crippen MR) is 64.4 cm³/mol. The summed E-state index contributed by atoms with van der Waals surface area (Å²) in [5.74, 6) is 0. The molecule has 15 heavy (non-hydrogen) atoms. The Kier molecular flexibility index (Phi) is 8.27. The Morgan fingerprint density at radius 2 is 1.53 bits per heavy atom. The minimum Gasteiger partial charge on any atom is -0.420 e. The summed E-state index contributed by atoms with van der Waals surface area (Å²) in [6.07, 6.45) is 1.14. The van der Waals surface area contributed by atoms with Crippen molar-refractivity contribution in [2.75, 3.05) is 41.3 Å². The van der Waals surface area contributed by atoms with E-state index in [2.05, 4.69) is 18.0 Å². The Bertz CT molecular complexity index is 150. The van der Waals surface area contributed by atoms with Gasteiger partial charge in [0, 0.05) is 27.9 Å². The quantitative estimate of drug-likeness (QED) is 0.450. The average Bonchev–Trinajstić information content (AvgIpc) is 2.18. The van der Waals surface area contributed by atoms with Crippen molar-refractivity contribution in [1.29, 1.82) is 0 Å². The third kappa shape index (κ3) is 7.93. The first kappa shape index (κ1) is 15.1. The Hall–Kier alpha value is 0.0569. The zero-order chi connectivity index (χ0) is 11.7. The normalized spacial score (nSPS) is 12.4.